The van der Waals surface area contributed by atoms with Gasteiger partial charge in [0.25, 0.3) is 15.7 Å². The van der Waals surface area contributed by atoms with Crippen LogP contribution in [0.1, 0.15) is 0 Å². The van der Waals surface area contributed by atoms with Crippen molar-refractivity contribution in [1.82, 2.24) is 0 Å². The van der Waals surface area contributed by atoms with Gasteiger partial charge in [0.05, 0.1) is 15.5 Å². The fraction of sp³-hybridized carbons (Fsp3) is 0. The second kappa shape index (κ2) is 5.25. The highest BCUT2D eigenvalue weighted by Gasteiger charge is 2.17. The molecule has 0 atom stereocenters. The van der Waals surface area contributed by atoms with Crippen molar-refractivity contribution in [3.63, 3.8) is 0 Å². The second-order valence-electron chi connectivity index (χ2n) is 3.87. The third-order valence-corrected chi connectivity index (χ3v) is 3.79. The van der Waals surface area contributed by atoms with Gasteiger partial charge in [-0.1, -0.05) is 12.1 Å². The molecule has 0 heterocycles. The summed E-state index contributed by atoms with van der Waals surface area (Å²) < 4.78 is 39.2. The Morgan fingerprint density at radius 3 is 2.45 bits per heavy atom. The standard InChI is InChI=1S/C12H9FN2O4S/c13-9-3-1-4-10(7-9)14-20(18,19)12-6-2-5-11(8-12)15(16)17/h1-8,14H. The molecule has 2 aromatic carbocycles. The molecule has 0 saturated heterocycles. The third-order valence-electron chi connectivity index (χ3n) is 2.42. The van der Waals surface area contributed by atoms with E-state index in [-0.39, 0.29) is 16.3 Å². The number of hydrogen-bond donors (Lipinski definition) is 1. The summed E-state index contributed by atoms with van der Waals surface area (Å²) in [7, 11) is -4.01. The van der Waals surface area contributed by atoms with E-state index in [1.165, 1.54) is 36.4 Å². The van der Waals surface area contributed by atoms with Crippen molar-refractivity contribution in [2.45, 2.75) is 4.90 Å². The number of nitrogens with zero attached hydrogens (tertiary/aromatic N) is 1. The zero-order valence-electron chi connectivity index (χ0n) is 9.99. The smallest absolute Gasteiger partial charge is 0.270 e. The zero-order valence-corrected chi connectivity index (χ0v) is 10.8. The Bertz CT molecular complexity index is 762. The molecule has 0 radical (unpaired) electrons. The number of non-ortho nitro benzene ring substituents is 1. The Hall–Kier alpha value is -2.48. The monoisotopic (exact) mass is 296 g/mol. The van der Waals surface area contributed by atoms with Crippen LogP contribution in [-0.4, -0.2) is 13.3 Å². The molecule has 20 heavy (non-hydrogen) atoms. The lowest BCUT2D eigenvalue weighted by Gasteiger charge is -2.07. The minimum atomic E-state index is -4.01. The summed E-state index contributed by atoms with van der Waals surface area (Å²) in [5, 5.41) is 10.6. The van der Waals surface area contributed by atoms with Crippen LogP contribution in [-0.2, 0) is 10.0 Å². The third kappa shape index (κ3) is 3.09. The van der Waals surface area contributed by atoms with Gasteiger partial charge in [-0.15, -0.1) is 0 Å². The van der Waals surface area contributed by atoms with E-state index in [9.17, 15) is 22.9 Å². The number of sulfonamides is 1. The average Bonchev–Trinajstić information content (AvgIpc) is 2.38. The Balaban J connectivity index is 2.35. The highest BCUT2D eigenvalue weighted by Crippen LogP contribution is 2.20. The zero-order chi connectivity index (χ0) is 14.8. The van der Waals surface area contributed by atoms with Crippen molar-refractivity contribution in [2.75, 3.05) is 4.72 Å². The Morgan fingerprint density at radius 1 is 1.10 bits per heavy atom. The molecular formula is C12H9FN2O4S. The molecule has 0 fully saturated rings. The predicted octanol–water partition coefficient (Wildman–Crippen LogP) is 2.53. The molecule has 0 aliphatic carbocycles. The molecule has 0 unspecified atom stereocenters. The quantitative estimate of drug-likeness (QED) is 0.693. The Morgan fingerprint density at radius 2 is 1.80 bits per heavy atom. The first-order valence-electron chi connectivity index (χ1n) is 5.41. The van der Waals surface area contributed by atoms with E-state index in [4.69, 9.17) is 0 Å². The number of halogens is 1. The molecule has 2 aromatic rings. The largest absolute Gasteiger partial charge is 0.280 e. The highest BCUT2D eigenvalue weighted by molar-refractivity contribution is 7.92. The topological polar surface area (TPSA) is 89.3 Å². The summed E-state index contributed by atoms with van der Waals surface area (Å²) in [6, 6.07) is 9.49. The van der Waals surface area contributed by atoms with Gasteiger partial charge < -0.3 is 0 Å². The number of anilines is 1. The molecule has 0 aliphatic heterocycles. The van der Waals surface area contributed by atoms with Crippen molar-refractivity contribution < 1.29 is 17.7 Å². The number of hydrogen-bond acceptors (Lipinski definition) is 4. The maximum atomic E-state index is 13.0. The molecule has 2 rings (SSSR count). The van der Waals surface area contributed by atoms with E-state index >= 15 is 0 Å². The van der Waals surface area contributed by atoms with Crippen molar-refractivity contribution in [3.05, 3.63) is 64.5 Å². The van der Waals surface area contributed by atoms with E-state index in [1.807, 2.05) is 0 Å². The molecule has 0 spiro atoms. The molecule has 104 valence electrons. The van der Waals surface area contributed by atoms with Crippen molar-refractivity contribution in [3.8, 4) is 0 Å². The van der Waals surface area contributed by atoms with Gasteiger partial charge in [0, 0.05) is 12.1 Å². The van der Waals surface area contributed by atoms with Crippen LogP contribution in [0.2, 0.25) is 0 Å². The molecule has 0 bridgehead atoms. The molecule has 0 aliphatic rings. The van der Waals surface area contributed by atoms with Gasteiger partial charge in [-0.3, -0.25) is 14.8 Å². The first-order valence-corrected chi connectivity index (χ1v) is 6.90. The van der Waals surface area contributed by atoms with Crippen LogP contribution >= 0.6 is 0 Å². The van der Waals surface area contributed by atoms with E-state index < -0.39 is 20.8 Å². The number of nitro benzene ring substituents is 1. The van der Waals surface area contributed by atoms with Gasteiger partial charge in [-0.2, -0.15) is 0 Å². The number of benzene rings is 2. The minimum absolute atomic E-state index is 0.0384. The van der Waals surface area contributed by atoms with E-state index in [1.54, 1.807) is 0 Å². The van der Waals surface area contributed by atoms with Crippen molar-refractivity contribution >= 4 is 21.4 Å². The lowest BCUT2D eigenvalue weighted by Crippen LogP contribution is -2.13. The summed E-state index contributed by atoms with van der Waals surface area (Å²) in [4.78, 5) is 9.66. The van der Waals surface area contributed by atoms with Crippen LogP contribution in [0.4, 0.5) is 15.8 Å². The van der Waals surface area contributed by atoms with Crippen molar-refractivity contribution in [2.24, 2.45) is 0 Å². The van der Waals surface area contributed by atoms with Gasteiger partial charge in [0.2, 0.25) is 0 Å². The maximum absolute atomic E-state index is 13.0. The first kappa shape index (κ1) is 13.9. The van der Waals surface area contributed by atoms with Crippen LogP contribution in [0, 0.1) is 15.9 Å². The van der Waals surface area contributed by atoms with Gasteiger partial charge in [0.1, 0.15) is 5.82 Å². The van der Waals surface area contributed by atoms with E-state index in [0.717, 1.165) is 12.1 Å². The number of rotatable bonds is 4. The molecule has 6 nitrogen and oxygen atoms in total. The number of nitro groups is 1. The van der Waals surface area contributed by atoms with Crippen LogP contribution < -0.4 is 4.72 Å². The van der Waals surface area contributed by atoms with Gasteiger partial charge in [0.15, 0.2) is 0 Å². The molecule has 1 N–H and O–H groups in total. The van der Waals surface area contributed by atoms with Gasteiger partial charge in [-0.05, 0) is 24.3 Å². The minimum Gasteiger partial charge on any atom is -0.280 e. The van der Waals surface area contributed by atoms with E-state index in [2.05, 4.69) is 4.72 Å². The van der Waals surface area contributed by atoms with Crippen molar-refractivity contribution in [1.29, 1.82) is 0 Å². The van der Waals surface area contributed by atoms with E-state index in [0.29, 0.717) is 0 Å². The molecule has 0 saturated carbocycles. The first-order chi connectivity index (χ1) is 9.38. The average molecular weight is 296 g/mol. The summed E-state index contributed by atoms with van der Waals surface area (Å²) in [6.45, 7) is 0. The summed E-state index contributed by atoms with van der Waals surface area (Å²) in [5.74, 6) is -0.593. The lowest BCUT2D eigenvalue weighted by atomic mass is 10.3. The predicted molar refractivity (Wildman–Crippen MR) is 70.3 cm³/mol. The van der Waals surface area contributed by atoms with Crippen LogP contribution in [0.3, 0.4) is 0 Å². The summed E-state index contributed by atoms with van der Waals surface area (Å²) in [6.07, 6.45) is 0. The van der Waals surface area contributed by atoms with Gasteiger partial charge in [-0.25, -0.2) is 12.8 Å². The normalized spacial score (nSPS) is 11.1. The van der Waals surface area contributed by atoms with Gasteiger partial charge >= 0.3 is 0 Å². The summed E-state index contributed by atoms with van der Waals surface area (Å²) >= 11 is 0. The fourth-order valence-corrected chi connectivity index (χ4v) is 2.62. The molecule has 0 amide bonds. The summed E-state index contributed by atoms with van der Waals surface area (Å²) in [5.41, 5.74) is -0.302. The Kier molecular flexibility index (Phi) is 3.66. The molecule has 0 aromatic heterocycles. The highest BCUT2D eigenvalue weighted by atomic mass is 32.2. The lowest BCUT2D eigenvalue weighted by molar-refractivity contribution is -0.385. The molecular weight excluding hydrogens is 287 g/mol. The van der Waals surface area contributed by atoms with Crippen LogP contribution in [0.5, 0.6) is 0 Å². The van der Waals surface area contributed by atoms with Crippen LogP contribution in [0.25, 0.3) is 0 Å². The molecule has 8 heteroatoms. The Labute approximate surface area is 114 Å². The fourth-order valence-electron chi connectivity index (χ4n) is 1.53. The second-order valence-corrected chi connectivity index (χ2v) is 5.55. The van der Waals surface area contributed by atoms with Crippen LogP contribution in [0.15, 0.2) is 53.4 Å². The number of nitrogens with one attached hydrogen (secondary N) is 1. The SMILES string of the molecule is O=[N+]([O-])c1cccc(S(=O)(=O)Nc2cccc(F)c2)c1. The maximum Gasteiger partial charge on any atom is 0.270 e.